The first-order chi connectivity index (χ1) is 12.5. The SMILES string of the molecule is CCCCOC(=O)[C@@H](C)n1cnc2sc(C)c(-c3ccccc3)c2c1=O. The number of esters is 1. The maximum absolute atomic E-state index is 13.1. The van der Waals surface area contributed by atoms with Crippen LogP contribution in [0.3, 0.4) is 0 Å². The van der Waals surface area contributed by atoms with Crippen molar-refractivity contribution in [1.82, 2.24) is 9.55 Å². The average molecular weight is 370 g/mol. The Hall–Kier alpha value is -2.47. The zero-order valence-corrected chi connectivity index (χ0v) is 16.0. The molecule has 2 heterocycles. The molecule has 0 aliphatic heterocycles. The van der Waals surface area contributed by atoms with Gasteiger partial charge in [0.1, 0.15) is 10.9 Å². The maximum Gasteiger partial charge on any atom is 0.328 e. The third-order valence-corrected chi connectivity index (χ3v) is 5.39. The zero-order valence-electron chi connectivity index (χ0n) is 15.2. The minimum absolute atomic E-state index is 0.210. The topological polar surface area (TPSA) is 61.2 Å². The molecule has 6 heteroatoms. The summed E-state index contributed by atoms with van der Waals surface area (Å²) in [6.07, 6.45) is 3.21. The highest BCUT2D eigenvalue weighted by atomic mass is 32.1. The van der Waals surface area contributed by atoms with Crippen LogP contribution in [0.4, 0.5) is 0 Å². The minimum Gasteiger partial charge on any atom is -0.464 e. The molecule has 0 fully saturated rings. The molecule has 0 amide bonds. The Labute approximate surface area is 156 Å². The number of nitrogens with zero attached hydrogens (tertiary/aromatic N) is 2. The van der Waals surface area contributed by atoms with E-state index in [9.17, 15) is 9.59 Å². The quantitative estimate of drug-likeness (QED) is 0.478. The number of benzene rings is 1. The van der Waals surface area contributed by atoms with Crippen LogP contribution >= 0.6 is 11.3 Å². The molecule has 26 heavy (non-hydrogen) atoms. The molecule has 3 aromatic rings. The Morgan fingerprint density at radius 2 is 2.04 bits per heavy atom. The summed E-state index contributed by atoms with van der Waals surface area (Å²) in [7, 11) is 0. The zero-order chi connectivity index (χ0) is 18.7. The van der Waals surface area contributed by atoms with Crippen LogP contribution in [-0.2, 0) is 9.53 Å². The van der Waals surface area contributed by atoms with Gasteiger partial charge in [-0.3, -0.25) is 9.36 Å². The smallest absolute Gasteiger partial charge is 0.328 e. The summed E-state index contributed by atoms with van der Waals surface area (Å²) in [5.41, 5.74) is 1.66. The normalized spacial score (nSPS) is 12.3. The number of carbonyl (C=O) groups excluding carboxylic acids is 1. The van der Waals surface area contributed by atoms with Gasteiger partial charge in [0.2, 0.25) is 0 Å². The van der Waals surface area contributed by atoms with Gasteiger partial charge >= 0.3 is 5.97 Å². The molecule has 0 radical (unpaired) electrons. The van der Waals surface area contributed by atoms with E-state index in [4.69, 9.17) is 4.74 Å². The van der Waals surface area contributed by atoms with Gasteiger partial charge in [0.15, 0.2) is 0 Å². The predicted molar refractivity (Wildman–Crippen MR) is 105 cm³/mol. The summed E-state index contributed by atoms with van der Waals surface area (Å²) in [6, 6.07) is 9.08. The summed E-state index contributed by atoms with van der Waals surface area (Å²) in [5, 5.41) is 0.564. The number of hydrogen-bond donors (Lipinski definition) is 0. The first-order valence-corrected chi connectivity index (χ1v) is 9.58. The second kappa shape index (κ2) is 7.83. The molecular weight excluding hydrogens is 348 g/mol. The second-order valence-corrected chi connectivity index (χ2v) is 7.44. The lowest BCUT2D eigenvalue weighted by Crippen LogP contribution is -2.29. The third-order valence-electron chi connectivity index (χ3n) is 4.38. The fourth-order valence-electron chi connectivity index (χ4n) is 2.90. The van der Waals surface area contributed by atoms with Crippen molar-refractivity contribution < 1.29 is 9.53 Å². The maximum atomic E-state index is 13.1. The average Bonchev–Trinajstić information content (AvgIpc) is 2.99. The summed E-state index contributed by atoms with van der Waals surface area (Å²) < 4.78 is 6.63. The van der Waals surface area contributed by atoms with Gasteiger partial charge in [-0.15, -0.1) is 11.3 Å². The van der Waals surface area contributed by atoms with E-state index in [0.717, 1.165) is 28.8 Å². The van der Waals surface area contributed by atoms with Gasteiger partial charge in [-0.25, -0.2) is 9.78 Å². The predicted octanol–water partition coefficient (Wildman–Crippen LogP) is 4.34. The van der Waals surface area contributed by atoms with Gasteiger partial charge in [0.25, 0.3) is 5.56 Å². The Kier molecular flexibility index (Phi) is 5.52. The van der Waals surface area contributed by atoms with E-state index in [1.807, 2.05) is 44.2 Å². The van der Waals surface area contributed by atoms with Crippen molar-refractivity contribution in [1.29, 1.82) is 0 Å². The Bertz CT molecular complexity index is 976. The summed E-state index contributed by atoms with van der Waals surface area (Å²) in [6.45, 7) is 6.06. The summed E-state index contributed by atoms with van der Waals surface area (Å²) in [5.74, 6) is -0.407. The van der Waals surface area contributed by atoms with Gasteiger partial charge in [0, 0.05) is 10.4 Å². The molecule has 0 spiro atoms. The van der Waals surface area contributed by atoms with Gasteiger partial charge < -0.3 is 4.74 Å². The van der Waals surface area contributed by atoms with Crippen LogP contribution in [0.5, 0.6) is 0 Å². The van der Waals surface area contributed by atoms with E-state index >= 15 is 0 Å². The van der Waals surface area contributed by atoms with Crippen LogP contribution in [-0.4, -0.2) is 22.1 Å². The monoisotopic (exact) mass is 370 g/mol. The van der Waals surface area contributed by atoms with Crippen LogP contribution in [0.1, 0.15) is 37.6 Å². The van der Waals surface area contributed by atoms with Crippen LogP contribution < -0.4 is 5.56 Å². The van der Waals surface area contributed by atoms with Crippen LogP contribution in [0, 0.1) is 6.92 Å². The highest BCUT2D eigenvalue weighted by molar-refractivity contribution is 7.19. The number of unbranched alkanes of at least 4 members (excludes halogenated alkanes) is 1. The number of hydrogen-bond acceptors (Lipinski definition) is 5. The van der Waals surface area contributed by atoms with E-state index in [2.05, 4.69) is 4.98 Å². The molecule has 0 bridgehead atoms. The number of thiophene rings is 1. The molecular formula is C20H22N2O3S. The van der Waals surface area contributed by atoms with Crippen molar-refractivity contribution >= 4 is 27.5 Å². The second-order valence-electron chi connectivity index (χ2n) is 6.23. The van der Waals surface area contributed by atoms with Crippen molar-refractivity contribution in [3.8, 4) is 11.1 Å². The number of ether oxygens (including phenoxy) is 1. The lowest BCUT2D eigenvalue weighted by atomic mass is 10.0. The first kappa shape index (κ1) is 18.3. The van der Waals surface area contributed by atoms with Gasteiger partial charge in [-0.1, -0.05) is 43.7 Å². The molecule has 0 aliphatic carbocycles. The number of carbonyl (C=O) groups is 1. The third kappa shape index (κ3) is 3.42. The number of aromatic nitrogens is 2. The van der Waals surface area contributed by atoms with E-state index < -0.39 is 12.0 Å². The number of aryl methyl sites for hydroxylation is 1. The van der Waals surface area contributed by atoms with Crippen molar-refractivity contribution in [2.24, 2.45) is 0 Å². The highest BCUT2D eigenvalue weighted by Crippen LogP contribution is 2.35. The molecule has 136 valence electrons. The van der Waals surface area contributed by atoms with Crippen molar-refractivity contribution in [2.45, 2.75) is 39.7 Å². The van der Waals surface area contributed by atoms with Gasteiger partial charge in [0.05, 0.1) is 18.3 Å². The van der Waals surface area contributed by atoms with Crippen LogP contribution in [0.15, 0.2) is 41.5 Å². The lowest BCUT2D eigenvalue weighted by Gasteiger charge is -2.14. The lowest BCUT2D eigenvalue weighted by molar-refractivity contribution is -0.147. The summed E-state index contributed by atoms with van der Waals surface area (Å²) in [4.78, 5) is 31.5. The number of fused-ring (bicyclic) bond motifs is 1. The number of rotatable bonds is 6. The molecule has 0 saturated heterocycles. The molecule has 5 nitrogen and oxygen atoms in total. The first-order valence-electron chi connectivity index (χ1n) is 8.76. The molecule has 3 rings (SSSR count). The van der Waals surface area contributed by atoms with Crippen molar-refractivity contribution in [3.05, 3.63) is 51.9 Å². The van der Waals surface area contributed by atoms with Crippen molar-refractivity contribution in [2.75, 3.05) is 6.61 Å². The molecule has 1 aromatic carbocycles. The fraction of sp³-hybridized carbons (Fsp3) is 0.350. The minimum atomic E-state index is -0.708. The van der Waals surface area contributed by atoms with E-state index in [-0.39, 0.29) is 5.56 Å². The van der Waals surface area contributed by atoms with Gasteiger partial charge in [-0.2, -0.15) is 0 Å². The Balaban J connectivity index is 2.06. The van der Waals surface area contributed by atoms with E-state index in [1.54, 1.807) is 6.92 Å². The van der Waals surface area contributed by atoms with E-state index in [1.165, 1.54) is 22.2 Å². The molecule has 2 aromatic heterocycles. The molecule has 0 N–H and O–H groups in total. The highest BCUT2D eigenvalue weighted by Gasteiger charge is 2.22. The molecule has 0 aliphatic rings. The molecule has 1 atom stereocenters. The standard InChI is InChI=1S/C20H22N2O3S/c1-4-5-11-25-20(24)13(2)22-12-21-18-17(19(22)23)16(14(3)26-18)15-9-7-6-8-10-15/h6-10,12-13H,4-5,11H2,1-3H3/t13-/m1/s1. The molecule has 0 unspecified atom stereocenters. The summed E-state index contributed by atoms with van der Waals surface area (Å²) >= 11 is 1.49. The fourth-order valence-corrected chi connectivity index (χ4v) is 3.90. The molecule has 0 saturated carbocycles. The van der Waals surface area contributed by atoms with Crippen LogP contribution in [0.25, 0.3) is 21.3 Å². The van der Waals surface area contributed by atoms with E-state index in [0.29, 0.717) is 16.8 Å². The Morgan fingerprint density at radius 3 is 2.73 bits per heavy atom. The van der Waals surface area contributed by atoms with Crippen molar-refractivity contribution in [3.63, 3.8) is 0 Å². The van der Waals surface area contributed by atoms with Gasteiger partial charge in [-0.05, 0) is 25.8 Å². The Morgan fingerprint density at radius 1 is 1.31 bits per heavy atom. The largest absolute Gasteiger partial charge is 0.464 e. The van der Waals surface area contributed by atoms with Crippen LogP contribution in [0.2, 0.25) is 0 Å².